The second-order valence-electron chi connectivity index (χ2n) is 3.77. The molecule has 0 bridgehead atoms. The van der Waals surface area contributed by atoms with Crippen molar-refractivity contribution in [1.82, 2.24) is 0 Å². The fourth-order valence-corrected chi connectivity index (χ4v) is 2.30. The zero-order valence-corrected chi connectivity index (χ0v) is 9.82. The highest BCUT2D eigenvalue weighted by Crippen LogP contribution is 2.26. The Morgan fingerprint density at radius 1 is 1.29 bits per heavy atom. The zero-order chi connectivity index (χ0) is 11.2. The van der Waals surface area contributed by atoms with Gasteiger partial charge in [0.15, 0.2) is 0 Å². The van der Waals surface area contributed by atoms with E-state index in [0.29, 0.717) is 0 Å². The van der Waals surface area contributed by atoms with Gasteiger partial charge in [0.1, 0.15) is 0 Å². The van der Waals surface area contributed by atoms with Crippen molar-refractivity contribution in [3.63, 3.8) is 0 Å². The maximum atomic E-state index is 11.9. The summed E-state index contributed by atoms with van der Waals surface area (Å²) in [4.78, 5) is 0. The molecule has 0 radical (unpaired) electrons. The van der Waals surface area contributed by atoms with Crippen LogP contribution in [0.15, 0.2) is 12.3 Å². The normalized spacial score (nSPS) is 13.6. The third-order valence-corrected chi connectivity index (χ3v) is 3.96. The molecule has 0 amide bonds. The van der Waals surface area contributed by atoms with Crippen LogP contribution < -0.4 is 0 Å². The smallest absolute Gasteiger partial charge is 0.388 e. The van der Waals surface area contributed by atoms with Crippen molar-refractivity contribution < 1.29 is 17.6 Å². The van der Waals surface area contributed by atoms with E-state index in [4.69, 9.17) is 4.43 Å². The maximum Gasteiger partial charge on any atom is 0.388 e. The topological polar surface area (TPSA) is 9.23 Å². The van der Waals surface area contributed by atoms with Gasteiger partial charge in [-0.1, -0.05) is 13.0 Å². The van der Waals surface area contributed by atoms with Gasteiger partial charge in [-0.15, -0.1) is 0 Å². The average Bonchev–Trinajstić information content (AvgIpc) is 2.00. The van der Waals surface area contributed by atoms with Gasteiger partial charge in [0.05, 0.1) is 6.26 Å². The Morgan fingerprint density at radius 3 is 2.29 bits per heavy atom. The van der Waals surface area contributed by atoms with Crippen molar-refractivity contribution in [2.24, 2.45) is 0 Å². The van der Waals surface area contributed by atoms with E-state index >= 15 is 0 Å². The van der Waals surface area contributed by atoms with E-state index in [1.54, 1.807) is 13.1 Å². The first-order valence-corrected chi connectivity index (χ1v) is 7.78. The molecule has 0 rings (SSSR count). The van der Waals surface area contributed by atoms with Gasteiger partial charge in [0, 0.05) is 6.42 Å². The van der Waals surface area contributed by atoms with Crippen LogP contribution in [0.25, 0.3) is 0 Å². The number of alkyl halides is 3. The summed E-state index contributed by atoms with van der Waals surface area (Å²) in [6.45, 7) is 5.53. The lowest BCUT2D eigenvalue weighted by atomic mass is 10.5. The van der Waals surface area contributed by atoms with E-state index < -0.39 is 20.9 Å². The van der Waals surface area contributed by atoms with E-state index in [1.807, 2.05) is 13.0 Å². The lowest BCUT2D eigenvalue weighted by molar-refractivity contribution is -0.131. The van der Waals surface area contributed by atoms with Crippen LogP contribution in [-0.2, 0) is 4.43 Å². The molecule has 14 heavy (non-hydrogen) atoms. The van der Waals surface area contributed by atoms with Gasteiger partial charge in [-0.3, -0.25) is 0 Å². The average molecular weight is 226 g/mol. The quantitative estimate of drug-likeness (QED) is 0.507. The summed E-state index contributed by atoms with van der Waals surface area (Å²) in [5.74, 6) is 0. The Kier molecular flexibility index (Phi) is 5.26. The Morgan fingerprint density at radius 2 is 1.86 bits per heavy atom. The molecule has 0 heterocycles. The predicted molar refractivity (Wildman–Crippen MR) is 53.5 cm³/mol. The summed E-state index contributed by atoms with van der Waals surface area (Å²) in [7, 11) is -2.16. The molecule has 0 fully saturated rings. The van der Waals surface area contributed by atoms with Crippen LogP contribution in [0.5, 0.6) is 0 Å². The van der Waals surface area contributed by atoms with E-state index in [9.17, 15) is 13.2 Å². The first kappa shape index (κ1) is 13.5. The third-order valence-electron chi connectivity index (χ3n) is 1.73. The van der Waals surface area contributed by atoms with Crippen molar-refractivity contribution in [2.75, 3.05) is 0 Å². The van der Waals surface area contributed by atoms with E-state index in [2.05, 4.69) is 0 Å². The molecule has 0 unspecified atom stereocenters. The molecule has 84 valence electrons. The van der Waals surface area contributed by atoms with Gasteiger partial charge in [-0.25, -0.2) is 0 Å². The molecular formula is C9H17F3OSi. The molecule has 5 heteroatoms. The van der Waals surface area contributed by atoms with Gasteiger partial charge in [-0.2, -0.15) is 13.2 Å². The summed E-state index contributed by atoms with van der Waals surface area (Å²) in [5.41, 5.74) is 0. The molecule has 1 nitrogen and oxygen atoms in total. The molecule has 0 saturated carbocycles. The molecular weight excluding hydrogens is 209 g/mol. The Balaban J connectivity index is 3.89. The maximum absolute atomic E-state index is 11.9. The number of halogens is 3. The number of rotatable bonds is 5. The van der Waals surface area contributed by atoms with Crippen molar-refractivity contribution in [3.8, 4) is 0 Å². The van der Waals surface area contributed by atoms with Crippen molar-refractivity contribution in [1.29, 1.82) is 0 Å². The number of hydrogen-bond donors (Lipinski definition) is 0. The third kappa shape index (κ3) is 8.16. The first-order valence-electron chi connectivity index (χ1n) is 4.66. The van der Waals surface area contributed by atoms with Crippen molar-refractivity contribution in [3.05, 3.63) is 12.3 Å². The lowest BCUT2D eigenvalue weighted by Gasteiger charge is -2.21. The second kappa shape index (κ2) is 5.43. The highest BCUT2D eigenvalue weighted by atomic mass is 28.4. The zero-order valence-electron chi connectivity index (χ0n) is 8.82. The fourth-order valence-electron chi connectivity index (χ4n) is 0.830. The van der Waals surface area contributed by atoms with E-state index in [-0.39, 0.29) is 6.04 Å². The Bertz CT molecular complexity index is 187. The SMILES string of the molecule is CCC=CO[Si](C)(C)CCC(F)(F)F. The summed E-state index contributed by atoms with van der Waals surface area (Å²) in [5, 5.41) is 0. The van der Waals surface area contributed by atoms with Gasteiger partial charge in [0.25, 0.3) is 0 Å². The molecule has 0 aliphatic heterocycles. The van der Waals surface area contributed by atoms with E-state index in [1.165, 1.54) is 6.26 Å². The Hall–Kier alpha value is -0.453. The summed E-state index contributed by atoms with van der Waals surface area (Å²) < 4.78 is 41.1. The highest BCUT2D eigenvalue weighted by Gasteiger charge is 2.33. The summed E-state index contributed by atoms with van der Waals surface area (Å²) >= 11 is 0. The molecule has 0 aliphatic rings. The van der Waals surface area contributed by atoms with Crippen LogP contribution in [0, 0.1) is 0 Å². The van der Waals surface area contributed by atoms with Crippen LogP contribution in [0.1, 0.15) is 19.8 Å². The molecule has 0 aromatic rings. The molecule has 0 aliphatic carbocycles. The van der Waals surface area contributed by atoms with Crippen LogP contribution in [0.4, 0.5) is 13.2 Å². The molecule has 0 N–H and O–H groups in total. The monoisotopic (exact) mass is 226 g/mol. The van der Waals surface area contributed by atoms with Crippen LogP contribution in [0.3, 0.4) is 0 Å². The molecule has 0 saturated heterocycles. The molecule has 0 atom stereocenters. The molecule has 0 aromatic heterocycles. The minimum atomic E-state index is -4.07. The Labute approximate surface area is 84.1 Å². The van der Waals surface area contributed by atoms with E-state index in [0.717, 1.165) is 6.42 Å². The van der Waals surface area contributed by atoms with Crippen molar-refractivity contribution >= 4 is 8.32 Å². The lowest BCUT2D eigenvalue weighted by Crippen LogP contribution is -2.29. The van der Waals surface area contributed by atoms with Crippen LogP contribution in [0.2, 0.25) is 19.1 Å². The summed E-state index contributed by atoms with van der Waals surface area (Å²) in [6, 6.07) is 0.116. The fraction of sp³-hybridized carbons (Fsp3) is 0.778. The number of hydrogen-bond acceptors (Lipinski definition) is 1. The standard InChI is InChI=1S/C9H17F3OSi/c1-4-5-7-13-14(2,3)8-6-9(10,11)12/h5,7H,4,6,8H2,1-3H3. The predicted octanol–water partition coefficient (Wildman–Crippen LogP) is 4.08. The number of allylic oxidation sites excluding steroid dienone is 1. The largest absolute Gasteiger partial charge is 0.550 e. The van der Waals surface area contributed by atoms with Crippen molar-refractivity contribution in [2.45, 2.75) is 45.1 Å². The van der Waals surface area contributed by atoms with Gasteiger partial charge in [0.2, 0.25) is 8.32 Å². The second-order valence-corrected chi connectivity index (χ2v) is 8.03. The van der Waals surface area contributed by atoms with Gasteiger partial charge < -0.3 is 4.43 Å². The van der Waals surface area contributed by atoms with Crippen LogP contribution in [-0.4, -0.2) is 14.5 Å². The van der Waals surface area contributed by atoms with Crippen LogP contribution >= 0.6 is 0 Å². The molecule has 0 spiro atoms. The van der Waals surface area contributed by atoms with Gasteiger partial charge >= 0.3 is 6.18 Å². The highest BCUT2D eigenvalue weighted by molar-refractivity contribution is 6.71. The minimum absolute atomic E-state index is 0.116. The van der Waals surface area contributed by atoms with Gasteiger partial charge in [-0.05, 0) is 25.6 Å². The first-order chi connectivity index (χ1) is 6.27. The minimum Gasteiger partial charge on any atom is -0.550 e. The summed E-state index contributed by atoms with van der Waals surface area (Å²) in [6.07, 6.45) is -0.636. The molecule has 0 aromatic carbocycles.